The Hall–Kier alpha value is -3.75. The predicted molar refractivity (Wildman–Crippen MR) is 111 cm³/mol. The Morgan fingerprint density at radius 2 is 1.49 bits per heavy atom. The van der Waals surface area contributed by atoms with E-state index in [2.05, 4.69) is 0 Å². The smallest absolute Gasteiger partial charge is 0.339 e. The zero-order valence-electron chi connectivity index (χ0n) is 17.8. The number of carboxylic acids is 1. The highest BCUT2D eigenvalue weighted by atomic mass is 16.5. The van der Waals surface area contributed by atoms with Crippen molar-refractivity contribution in [1.29, 1.82) is 0 Å². The van der Waals surface area contributed by atoms with Crippen molar-refractivity contribution < 1.29 is 65.1 Å². The molecular weight excluding hydrogens is 472 g/mol. The van der Waals surface area contributed by atoms with Gasteiger partial charge in [0.05, 0.1) is 23.3 Å². The average molecular weight is 492 g/mol. The zero-order chi connectivity index (χ0) is 26.1. The van der Waals surface area contributed by atoms with E-state index in [0.717, 1.165) is 6.92 Å². The Balaban J connectivity index is 1.99. The molecule has 0 bridgehead atoms. The third kappa shape index (κ3) is 3.25. The van der Waals surface area contributed by atoms with E-state index >= 15 is 0 Å². The second kappa shape index (κ2) is 8.18. The van der Waals surface area contributed by atoms with Gasteiger partial charge >= 0.3 is 5.97 Å². The largest absolute Gasteiger partial charge is 0.507 e. The number of aromatic carboxylic acids is 1. The third-order valence-electron chi connectivity index (χ3n) is 6.33. The number of carbonyl (C=O) groups is 3. The number of phenolic OH excluding ortho intramolecular Hbond substituents is 3. The lowest BCUT2D eigenvalue weighted by Crippen LogP contribution is -2.55. The molecule has 9 N–H and O–H groups in total. The monoisotopic (exact) mass is 492 g/mol. The normalized spacial score (nSPS) is 25.8. The molecule has 0 spiro atoms. The molecule has 13 nitrogen and oxygen atoms in total. The maximum Gasteiger partial charge on any atom is 0.339 e. The fourth-order valence-electron chi connectivity index (χ4n) is 4.58. The number of fused-ring (bicyclic) bond motifs is 2. The summed E-state index contributed by atoms with van der Waals surface area (Å²) in [6.07, 6.45) is -9.12. The summed E-state index contributed by atoms with van der Waals surface area (Å²) in [5, 5.41) is 91.5. The van der Waals surface area contributed by atoms with Gasteiger partial charge in [0, 0.05) is 11.1 Å². The zero-order valence-corrected chi connectivity index (χ0v) is 17.8. The Bertz CT molecular complexity index is 1300. The maximum atomic E-state index is 13.4. The van der Waals surface area contributed by atoms with Crippen molar-refractivity contribution in [2.75, 3.05) is 6.61 Å². The van der Waals surface area contributed by atoms with Gasteiger partial charge in [0.15, 0.2) is 23.1 Å². The Labute approximate surface area is 195 Å². The highest BCUT2D eigenvalue weighted by Crippen LogP contribution is 2.52. The first-order valence-electron chi connectivity index (χ1n) is 10.2. The number of carbonyl (C=O) groups excluding carboxylic acids is 2. The fourth-order valence-corrected chi connectivity index (χ4v) is 4.58. The lowest BCUT2D eigenvalue weighted by Gasteiger charge is -2.40. The van der Waals surface area contributed by atoms with Crippen molar-refractivity contribution in [2.45, 2.75) is 37.4 Å². The minimum atomic E-state index is -2.03. The van der Waals surface area contributed by atoms with Gasteiger partial charge in [0.25, 0.3) is 0 Å². The number of aliphatic hydroxyl groups excluding tert-OH is 4. The molecule has 1 heterocycles. The topological polar surface area (TPSA) is 243 Å². The average Bonchev–Trinajstić information content (AvgIpc) is 2.79. The first-order valence-corrected chi connectivity index (χ1v) is 10.2. The molecule has 186 valence electrons. The van der Waals surface area contributed by atoms with E-state index in [9.17, 15) is 60.3 Å². The minimum absolute atomic E-state index is 0.308. The lowest BCUT2D eigenvalue weighted by molar-refractivity contribution is -0.232. The van der Waals surface area contributed by atoms with Crippen LogP contribution in [-0.4, -0.2) is 94.5 Å². The molecule has 0 amide bonds. The number of benzene rings is 2. The first kappa shape index (κ1) is 24.4. The molecule has 2 aromatic carbocycles. The summed E-state index contributed by atoms with van der Waals surface area (Å²) >= 11 is 0. The molecule has 1 aliphatic heterocycles. The van der Waals surface area contributed by atoms with Crippen LogP contribution in [0.3, 0.4) is 0 Å². The summed E-state index contributed by atoms with van der Waals surface area (Å²) in [6, 6.07) is 0.716. The molecule has 35 heavy (non-hydrogen) atoms. The Morgan fingerprint density at radius 3 is 2.06 bits per heavy atom. The van der Waals surface area contributed by atoms with Gasteiger partial charge in [-0.1, -0.05) is 0 Å². The molecule has 4 rings (SSSR count). The van der Waals surface area contributed by atoms with Crippen LogP contribution in [-0.2, 0) is 4.74 Å². The van der Waals surface area contributed by atoms with Crippen molar-refractivity contribution in [3.8, 4) is 23.0 Å². The van der Waals surface area contributed by atoms with Gasteiger partial charge < -0.3 is 50.7 Å². The number of ether oxygens (including phenoxy) is 1. The number of hydrogen-bond donors (Lipinski definition) is 9. The van der Waals surface area contributed by atoms with Crippen LogP contribution in [0.25, 0.3) is 0 Å². The van der Waals surface area contributed by atoms with Crippen LogP contribution in [0, 0.1) is 6.92 Å². The minimum Gasteiger partial charge on any atom is -0.507 e. The summed E-state index contributed by atoms with van der Waals surface area (Å²) in [5.74, 6) is -8.24. The van der Waals surface area contributed by atoms with Crippen LogP contribution < -0.4 is 0 Å². The number of rotatable bonds is 3. The van der Waals surface area contributed by atoms with Crippen LogP contribution in [0.5, 0.6) is 23.0 Å². The van der Waals surface area contributed by atoms with Crippen LogP contribution in [0.4, 0.5) is 0 Å². The highest BCUT2D eigenvalue weighted by molar-refractivity contribution is 6.31. The second-order valence-electron chi connectivity index (χ2n) is 8.24. The molecule has 0 aromatic heterocycles. The molecule has 0 saturated carbocycles. The molecule has 2 aromatic rings. The number of hydrogen-bond acceptors (Lipinski definition) is 12. The van der Waals surface area contributed by atoms with Crippen molar-refractivity contribution in [3.05, 3.63) is 45.0 Å². The van der Waals surface area contributed by atoms with Crippen molar-refractivity contribution in [2.24, 2.45) is 0 Å². The molecule has 1 fully saturated rings. The first-order chi connectivity index (χ1) is 16.3. The molecule has 1 aliphatic carbocycles. The van der Waals surface area contributed by atoms with Gasteiger partial charge in [-0.15, -0.1) is 0 Å². The van der Waals surface area contributed by atoms with Gasteiger partial charge in [-0.3, -0.25) is 9.59 Å². The highest BCUT2D eigenvalue weighted by Gasteiger charge is 2.48. The van der Waals surface area contributed by atoms with Crippen LogP contribution in [0.2, 0.25) is 0 Å². The lowest BCUT2D eigenvalue weighted by atomic mass is 9.77. The maximum absolute atomic E-state index is 13.4. The molecule has 1 saturated heterocycles. The molecule has 5 atom stereocenters. The van der Waals surface area contributed by atoms with Gasteiger partial charge in [0.1, 0.15) is 47.6 Å². The van der Waals surface area contributed by atoms with E-state index in [-0.39, 0.29) is 5.56 Å². The third-order valence-corrected chi connectivity index (χ3v) is 6.33. The summed E-state index contributed by atoms with van der Waals surface area (Å²) < 4.78 is 5.30. The van der Waals surface area contributed by atoms with Gasteiger partial charge in [-0.2, -0.15) is 0 Å². The van der Waals surface area contributed by atoms with Crippen LogP contribution >= 0.6 is 0 Å². The number of ketones is 2. The Kier molecular flexibility index (Phi) is 5.70. The van der Waals surface area contributed by atoms with Gasteiger partial charge in [0.2, 0.25) is 0 Å². The molecule has 0 radical (unpaired) electrons. The van der Waals surface area contributed by atoms with Gasteiger partial charge in [-0.05, 0) is 18.6 Å². The van der Waals surface area contributed by atoms with E-state index < -0.39 is 111 Å². The predicted octanol–water partition coefficient (Wildman–Crippen LogP) is -1.19. The van der Waals surface area contributed by atoms with E-state index in [1.807, 2.05) is 0 Å². The summed E-state index contributed by atoms with van der Waals surface area (Å²) in [5.41, 5.74) is -4.49. The SMILES string of the molecule is Cc1c(C(=O)O)c(O)cc2c1C(=O)c1c(O)c([C@H]3OC(CO)[C@@H](O)[C@@H](O)C3O)c(O)c(O)c1C2=O. The van der Waals surface area contributed by atoms with Crippen LogP contribution in [0.1, 0.15) is 59.4 Å². The number of aromatic hydroxyl groups is 4. The van der Waals surface area contributed by atoms with Gasteiger partial charge in [-0.25, -0.2) is 4.79 Å². The van der Waals surface area contributed by atoms with Crippen molar-refractivity contribution >= 4 is 17.5 Å². The van der Waals surface area contributed by atoms with Crippen LogP contribution in [0.15, 0.2) is 6.07 Å². The van der Waals surface area contributed by atoms with E-state index in [1.165, 1.54) is 0 Å². The summed E-state index contributed by atoms with van der Waals surface area (Å²) in [7, 11) is 0. The second-order valence-corrected chi connectivity index (χ2v) is 8.24. The number of carboxylic acid groups (broad SMARTS) is 1. The number of aliphatic hydroxyl groups is 4. The van der Waals surface area contributed by atoms with Crippen molar-refractivity contribution in [3.63, 3.8) is 0 Å². The van der Waals surface area contributed by atoms with Crippen molar-refractivity contribution in [1.82, 2.24) is 0 Å². The standard InChI is InChI=1S/C22H20O13/c1-4-8-5(2-6(24)9(4)22(33)34)13(25)10-11(15(8)27)16(28)12(18(30)17(10)29)21-20(32)19(31)14(26)7(3-23)35-21/h2,7,14,19-21,23-24,26,28-32H,3H2,1H3,(H,33,34)/t7?,14-,19-,20?,21-/m1/s1. The van der Waals surface area contributed by atoms with E-state index in [4.69, 9.17) is 4.74 Å². The molecule has 13 heteroatoms. The fraction of sp³-hybridized carbons (Fsp3) is 0.318. The Morgan fingerprint density at radius 1 is 0.886 bits per heavy atom. The van der Waals surface area contributed by atoms with E-state index in [0.29, 0.717) is 6.07 Å². The summed E-state index contributed by atoms with van der Waals surface area (Å²) in [6.45, 7) is 0.291. The quantitative estimate of drug-likeness (QED) is 0.154. The molecule has 2 unspecified atom stereocenters. The molecular formula is C22H20O13. The molecule has 2 aliphatic rings. The number of phenols is 4. The summed E-state index contributed by atoms with van der Waals surface area (Å²) in [4.78, 5) is 38.1. The van der Waals surface area contributed by atoms with E-state index in [1.54, 1.807) is 0 Å².